The Hall–Kier alpha value is -3.73. The van der Waals surface area contributed by atoms with Gasteiger partial charge in [0.05, 0.1) is 13.2 Å². The molecule has 1 aromatic heterocycles. The number of benzene rings is 3. The molecule has 0 saturated carbocycles. The third kappa shape index (κ3) is 4.47. The molecule has 0 bridgehead atoms. The van der Waals surface area contributed by atoms with Gasteiger partial charge < -0.3 is 19.4 Å². The number of hydrogen-bond donors (Lipinski definition) is 1. The van der Waals surface area contributed by atoms with Gasteiger partial charge in [0.1, 0.15) is 11.5 Å². The van der Waals surface area contributed by atoms with Crippen molar-refractivity contribution in [2.24, 2.45) is 0 Å². The summed E-state index contributed by atoms with van der Waals surface area (Å²) in [7, 11) is 1.62. The van der Waals surface area contributed by atoms with Crippen LogP contribution in [0.5, 0.6) is 11.5 Å². The molecule has 1 amide bonds. The number of nitrogens with one attached hydrogen (secondary N) is 1. The van der Waals surface area contributed by atoms with Crippen LogP contribution in [0.3, 0.4) is 0 Å². The summed E-state index contributed by atoms with van der Waals surface area (Å²) in [6, 6.07) is 23.6. The molecule has 0 aliphatic heterocycles. The number of H-pyrrole nitrogens is 1. The first-order valence-corrected chi connectivity index (χ1v) is 10.8. The Bertz CT molecular complexity index is 1180. The van der Waals surface area contributed by atoms with Crippen LogP contribution in [0.15, 0.2) is 79.0 Å². The average Bonchev–Trinajstić information content (AvgIpc) is 3.26. The van der Waals surface area contributed by atoms with E-state index in [9.17, 15) is 4.79 Å². The van der Waals surface area contributed by atoms with Gasteiger partial charge in [-0.2, -0.15) is 0 Å². The van der Waals surface area contributed by atoms with Gasteiger partial charge in [0.2, 0.25) is 0 Å². The van der Waals surface area contributed by atoms with E-state index in [2.05, 4.69) is 48.3 Å². The summed E-state index contributed by atoms with van der Waals surface area (Å²) in [6.07, 6.45) is 2.01. The fraction of sp³-hybridized carbons (Fsp3) is 0.222. The van der Waals surface area contributed by atoms with E-state index in [1.54, 1.807) is 19.2 Å². The Morgan fingerprint density at radius 1 is 0.969 bits per heavy atom. The fourth-order valence-corrected chi connectivity index (χ4v) is 4.00. The number of amides is 1. The van der Waals surface area contributed by atoms with Crippen molar-refractivity contribution in [2.45, 2.75) is 19.9 Å². The maximum Gasteiger partial charge on any atom is 0.261 e. The summed E-state index contributed by atoms with van der Waals surface area (Å²) in [5.41, 5.74) is 4.38. The molecule has 0 spiro atoms. The topological polar surface area (TPSA) is 54.6 Å². The first-order chi connectivity index (χ1) is 15.6. The number of carbonyl (C=O) groups excluding carboxylic acids is 1. The van der Waals surface area contributed by atoms with E-state index < -0.39 is 0 Å². The molecule has 1 heterocycles. The third-order valence-corrected chi connectivity index (χ3v) is 5.70. The number of likely N-dealkylation sites (N-methyl/N-ethyl adjacent to an activating group) is 1. The van der Waals surface area contributed by atoms with Crippen molar-refractivity contribution < 1.29 is 14.3 Å². The molecule has 32 heavy (non-hydrogen) atoms. The molecule has 5 nitrogen and oxygen atoms in total. The van der Waals surface area contributed by atoms with Gasteiger partial charge in [-0.05, 0) is 49.7 Å². The number of carbonyl (C=O) groups is 1. The highest BCUT2D eigenvalue weighted by atomic mass is 16.5. The zero-order valence-electron chi connectivity index (χ0n) is 18.7. The van der Waals surface area contributed by atoms with Crippen molar-refractivity contribution in [2.75, 3.05) is 20.3 Å². The molecular weight excluding hydrogens is 400 g/mol. The first kappa shape index (κ1) is 21.5. The normalized spacial score (nSPS) is 11.8. The average molecular weight is 429 g/mol. The molecule has 0 aliphatic carbocycles. The van der Waals surface area contributed by atoms with E-state index in [0.717, 1.165) is 27.8 Å². The van der Waals surface area contributed by atoms with Crippen LogP contribution in [-0.2, 0) is 4.79 Å². The molecule has 5 heteroatoms. The molecular formula is C27H28N2O3. The molecule has 164 valence electrons. The van der Waals surface area contributed by atoms with Crippen LogP contribution in [-0.4, -0.2) is 36.1 Å². The van der Waals surface area contributed by atoms with Crippen LogP contribution in [0.1, 0.15) is 29.7 Å². The van der Waals surface area contributed by atoms with Gasteiger partial charge in [0.25, 0.3) is 5.91 Å². The van der Waals surface area contributed by atoms with Crippen molar-refractivity contribution in [3.63, 3.8) is 0 Å². The van der Waals surface area contributed by atoms with Crippen molar-refractivity contribution in [1.29, 1.82) is 0 Å². The molecule has 1 atom stereocenters. The predicted octanol–water partition coefficient (Wildman–Crippen LogP) is 5.50. The number of aryl methyl sites for hydroxylation is 1. The summed E-state index contributed by atoms with van der Waals surface area (Å²) < 4.78 is 11.0. The molecule has 0 fully saturated rings. The zero-order valence-corrected chi connectivity index (χ0v) is 18.7. The minimum absolute atomic E-state index is 0.0368. The maximum absolute atomic E-state index is 13.3. The monoisotopic (exact) mass is 428 g/mol. The van der Waals surface area contributed by atoms with Crippen LogP contribution in [0.25, 0.3) is 10.9 Å². The Kier molecular flexibility index (Phi) is 6.45. The number of para-hydroxylation sites is 1. The Morgan fingerprint density at radius 3 is 2.34 bits per heavy atom. The quantitative estimate of drug-likeness (QED) is 0.403. The lowest BCUT2D eigenvalue weighted by molar-refractivity contribution is -0.134. The molecule has 4 aromatic rings. The number of nitrogens with zero attached hydrogens (tertiary/aromatic N) is 1. The van der Waals surface area contributed by atoms with Crippen LogP contribution in [0, 0.1) is 6.92 Å². The van der Waals surface area contributed by atoms with Crippen LogP contribution < -0.4 is 9.47 Å². The molecule has 3 aromatic carbocycles. The summed E-state index contributed by atoms with van der Waals surface area (Å²) in [5, 5.41) is 1.11. The van der Waals surface area contributed by atoms with Gasteiger partial charge in [-0.25, -0.2) is 0 Å². The third-order valence-electron chi connectivity index (χ3n) is 5.70. The Morgan fingerprint density at radius 2 is 1.66 bits per heavy atom. The molecule has 1 unspecified atom stereocenters. The fourth-order valence-electron chi connectivity index (χ4n) is 4.00. The molecule has 0 radical (unpaired) electrons. The van der Waals surface area contributed by atoms with E-state index >= 15 is 0 Å². The highest BCUT2D eigenvalue weighted by Gasteiger charge is 2.28. The Labute approximate surface area is 188 Å². The maximum atomic E-state index is 13.3. The van der Waals surface area contributed by atoms with Crippen molar-refractivity contribution >= 4 is 16.8 Å². The van der Waals surface area contributed by atoms with Gasteiger partial charge in [-0.3, -0.25) is 4.79 Å². The van der Waals surface area contributed by atoms with E-state index in [1.165, 1.54) is 5.56 Å². The molecule has 0 aliphatic rings. The van der Waals surface area contributed by atoms with Gasteiger partial charge in [-0.1, -0.05) is 48.0 Å². The number of aromatic amines is 1. The van der Waals surface area contributed by atoms with Crippen molar-refractivity contribution in [1.82, 2.24) is 9.88 Å². The highest BCUT2D eigenvalue weighted by molar-refractivity contribution is 5.86. The molecule has 1 N–H and O–H groups in total. The number of fused-ring (bicyclic) bond motifs is 1. The standard InChI is InChI=1S/C27H28N2O3/c1-4-29(26(30)18-32-22-15-13-21(31-3)14-16-22)27(20-11-9-19(2)10-12-20)24-17-28-25-8-6-5-7-23(24)25/h5-17,27-28H,4,18H2,1-3H3. The second-order valence-electron chi connectivity index (χ2n) is 7.75. The summed E-state index contributed by atoms with van der Waals surface area (Å²) in [6.45, 7) is 4.59. The van der Waals surface area contributed by atoms with Crippen LogP contribution >= 0.6 is 0 Å². The van der Waals surface area contributed by atoms with Crippen molar-refractivity contribution in [3.05, 3.63) is 95.7 Å². The second kappa shape index (κ2) is 9.60. The Balaban J connectivity index is 1.65. The molecule has 0 saturated heterocycles. The lowest BCUT2D eigenvalue weighted by Crippen LogP contribution is -2.38. The minimum Gasteiger partial charge on any atom is -0.497 e. The number of ether oxygens (including phenoxy) is 2. The smallest absolute Gasteiger partial charge is 0.261 e. The van der Waals surface area contributed by atoms with E-state index in [4.69, 9.17) is 9.47 Å². The SMILES string of the molecule is CCN(C(=O)COc1ccc(OC)cc1)C(c1ccc(C)cc1)c1c[nH]c2ccccc12. The van der Waals surface area contributed by atoms with Gasteiger partial charge in [-0.15, -0.1) is 0 Å². The van der Waals surface area contributed by atoms with Crippen LogP contribution in [0.2, 0.25) is 0 Å². The summed E-state index contributed by atoms with van der Waals surface area (Å²) in [5.74, 6) is 1.31. The summed E-state index contributed by atoms with van der Waals surface area (Å²) in [4.78, 5) is 18.6. The predicted molar refractivity (Wildman–Crippen MR) is 127 cm³/mol. The lowest BCUT2D eigenvalue weighted by Gasteiger charge is -2.31. The largest absolute Gasteiger partial charge is 0.497 e. The van der Waals surface area contributed by atoms with E-state index in [0.29, 0.717) is 12.3 Å². The number of hydrogen-bond acceptors (Lipinski definition) is 3. The first-order valence-electron chi connectivity index (χ1n) is 10.8. The van der Waals surface area contributed by atoms with E-state index in [-0.39, 0.29) is 18.6 Å². The zero-order chi connectivity index (χ0) is 22.5. The van der Waals surface area contributed by atoms with Gasteiger partial charge in [0, 0.05) is 29.2 Å². The number of rotatable bonds is 8. The number of methoxy groups -OCH3 is 1. The number of aromatic nitrogens is 1. The summed E-state index contributed by atoms with van der Waals surface area (Å²) >= 11 is 0. The molecule has 4 rings (SSSR count). The van der Waals surface area contributed by atoms with Crippen LogP contribution in [0.4, 0.5) is 0 Å². The van der Waals surface area contributed by atoms with E-state index in [1.807, 2.05) is 42.3 Å². The lowest BCUT2D eigenvalue weighted by atomic mass is 9.95. The second-order valence-corrected chi connectivity index (χ2v) is 7.75. The highest BCUT2D eigenvalue weighted by Crippen LogP contribution is 2.34. The van der Waals surface area contributed by atoms with Crippen molar-refractivity contribution in [3.8, 4) is 11.5 Å². The van der Waals surface area contributed by atoms with Gasteiger partial charge in [0.15, 0.2) is 6.61 Å². The minimum atomic E-state index is -0.219. The van der Waals surface area contributed by atoms with Gasteiger partial charge >= 0.3 is 0 Å².